The van der Waals surface area contributed by atoms with Crippen molar-refractivity contribution >= 4 is 45.6 Å². The highest BCUT2D eigenvalue weighted by atomic mass is 35.5. The van der Waals surface area contributed by atoms with Crippen molar-refractivity contribution < 1.29 is 4.79 Å². The van der Waals surface area contributed by atoms with Crippen molar-refractivity contribution in [2.75, 3.05) is 5.32 Å². The standard InChI is InChI=1S/C17H20Cl2N2OS/c1-3-4-5-14-15(10-12-6-8-13(19)9-7-12)23-17(20-14)21-16(22)11(2)18/h6-9,11H,3-5,10H2,1-2H3,(H,20,21,22). The second kappa shape index (κ2) is 8.67. The maximum atomic E-state index is 11.8. The normalized spacial score (nSPS) is 12.2. The minimum atomic E-state index is -0.572. The lowest BCUT2D eigenvalue weighted by Crippen LogP contribution is -2.20. The molecule has 0 aliphatic heterocycles. The molecule has 1 aromatic carbocycles. The lowest BCUT2D eigenvalue weighted by molar-refractivity contribution is -0.115. The number of thiazole rings is 1. The molecule has 1 N–H and O–H groups in total. The monoisotopic (exact) mass is 370 g/mol. The van der Waals surface area contributed by atoms with Crippen LogP contribution < -0.4 is 5.32 Å². The van der Waals surface area contributed by atoms with Gasteiger partial charge in [-0.25, -0.2) is 4.98 Å². The summed E-state index contributed by atoms with van der Waals surface area (Å²) in [7, 11) is 0. The van der Waals surface area contributed by atoms with Crippen LogP contribution in [-0.4, -0.2) is 16.3 Å². The molecule has 2 aromatic rings. The third-order valence-electron chi connectivity index (χ3n) is 3.41. The molecule has 2 rings (SSSR count). The van der Waals surface area contributed by atoms with Crippen LogP contribution in [0.4, 0.5) is 5.13 Å². The van der Waals surface area contributed by atoms with Crippen molar-refractivity contribution in [3.8, 4) is 0 Å². The van der Waals surface area contributed by atoms with Gasteiger partial charge in [-0.3, -0.25) is 4.79 Å². The quantitative estimate of drug-likeness (QED) is 0.672. The van der Waals surface area contributed by atoms with Gasteiger partial charge >= 0.3 is 0 Å². The van der Waals surface area contributed by atoms with Crippen LogP contribution in [0.1, 0.15) is 42.8 Å². The van der Waals surface area contributed by atoms with Crippen LogP contribution in [0.5, 0.6) is 0 Å². The molecule has 124 valence electrons. The van der Waals surface area contributed by atoms with Crippen LogP contribution in [0.2, 0.25) is 5.02 Å². The molecule has 1 atom stereocenters. The number of carbonyl (C=O) groups excluding carboxylic acids is 1. The molecular weight excluding hydrogens is 351 g/mol. The average Bonchev–Trinajstić information content (AvgIpc) is 2.88. The van der Waals surface area contributed by atoms with E-state index in [-0.39, 0.29) is 5.91 Å². The number of carbonyl (C=O) groups is 1. The molecule has 1 heterocycles. The Bertz CT molecular complexity index is 653. The van der Waals surface area contributed by atoms with Crippen LogP contribution in [-0.2, 0) is 17.6 Å². The number of benzene rings is 1. The first-order valence-corrected chi connectivity index (χ1v) is 9.30. The summed E-state index contributed by atoms with van der Waals surface area (Å²) in [6.07, 6.45) is 3.90. The second-order valence-corrected chi connectivity index (χ2v) is 7.58. The van der Waals surface area contributed by atoms with E-state index in [1.807, 2.05) is 24.3 Å². The first-order chi connectivity index (χ1) is 11.0. The molecule has 0 spiro atoms. The fraction of sp³-hybridized carbons (Fsp3) is 0.412. The van der Waals surface area contributed by atoms with Gasteiger partial charge < -0.3 is 5.32 Å². The Balaban J connectivity index is 2.19. The number of unbranched alkanes of at least 4 members (excludes halogenated alkanes) is 1. The molecule has 23 heavy (non-hydrogen) atoms. The SMILES string of the molecule is CCCCc1nc(NC(=O)C(C)Cl)sc1Cc1ccc(Cl)cc1. The molecule has 0 saturated heterocycles. The summed E-state index contributed by atoms with van der Waals surface area (Å²) in [5, 5.41) is 3.57. The Labute approximate surface area is 151 Å². The third kappa shape index (κ3) is 5.48. The number of amides is 1. The molecule has 0 bridgehead atoms. The Hall–Kier alpha value is -1.10. The second-order valence-electron chi connectivity index (χ2n) is 5.40. The summed E-state index contributed by atoms with van der Waals surface area (Å²) in [6.45, 7) is 3.81. The first kappa shape index (κ1) is 18.2. The van der Waals surface area contributed by atoms with E-state index in [1.54, 1.807) is 6.92 Å². The fourth-order valence-electron chi connectivity index (χ4n) is 2.11. The zero-order chi connectivity index (χ0) is 16.8. The van der Waals surface area contributed by atoms with Gasteiger partial charge in [-0.15, -0.1) is 22.9 Å². The number of rotatable bonds is 7. The number of aromatic nitrogens is 1. The van der Waals surface area contributed by atoms with Gasteiger partial charge in [-0.2, -0.15) is 0 Å². The van der Waals surface area contributed by atoms with Crippen LogP contribution in [0.3, 0.4) is 0 Å². The summed E-state index contributed by atoms with van der Waals surface area (Å²) in [4.78, 5) is 17.5. The van der Waals surface area contributed by atoms with Gasteiger partial charge in [-0.1, -0.05) is 37.1 Å². The summed E-state index contributed by atoms with van der Waals surface area (Å²) in [5.74, 6) is -0.222. The van der Waals surface area contributed by atoms with Gasteiger partial charge in [0.05, 0.1) is 5.69 Å². The molecular formula is C17H20Cl2N2OS. The van der Waals surface area contributed by atoms with Crippen molar-refractivity contribution in [2.45, 2.75) is 44.9 Å². The third-order valence-corrected chi connectivity index (χ3v) is 4.88. The molecule has 1 aromatic heterocycles. The number of aryl methyl sites for hydroxylation is 1. The van der Waals surface area contributed by atoms with Gasteiger partial charge in [-0.05, 0) is 37.5 Å². The van der Waals surface area contributed by atoms with E-state index in [2.05, 4.69) is 17.2 Å². The predicted octanol–water partition coefficient (Wildman–Crippen LogP) is 5.30. The number of nitrogens with one attached hydrogen (secondary N) is 1. The van der Waals surface area contributed by atoms with Crippen LogP contribution >= 0.6 is 34.5 Å². The lowest BCUT2D eigenvalue weighted by atomic mass is 10.1. The van der Waals surface area contributed by atoms with E-state index in [0.29, 0.717) is 5.13 Å². The minimum Gasteiger partial charge on any atom is -0.301 e. The van der Waals surface area contributed by atoms with Gasteiger partial charge in [0, 0.05) is 16.3 Å². The number of hydrogen-bond donors (Lipinski definition) is 1. The largest absolute Gasteiger partial charge is 0.301 e. The number of halogens is 2. The number of anilines is 1. The average molecular weight is 371 g/mol. The van der Waals surface area contributed by atoms with Crippen molar-refractivity contribution in [1.29, 1.82) is 0 Å². The Kier molecular flexibility index (Phi) is 6.88. The summed E-state index contributed by atoms with van der Waals surface area (Å²) in [5.41, 5.74) is 2.24. The van der Waals surface area contributed by atoms with Crippen molar-refractivity contribution in [1.82, 2.24) is 4.98 Å². The number of nitrogens with zero attached hydrogens (tertiary/aromatic N) is 1. The Morgan fingerprint density at radius 1 is 1.35 bits per heavy atom. The zero-order valence-electron chi connectivity index (χ0n) is 13.2. The molecule has 0 fully saturated rings. The van der Waals surface area contributed by atoms with Crippen molar-refractivity contribution in [2.24, 2.45) is 0 Å². The minimum absolute atomic E-state index is 0.222. The topological polar surface area (TPSA) is 42.0 Å². The van der Waals surface area contributed by atoms with Crippen LogP contribution in [0.15, 0.2) is 24.3 Å². The van der Waals surface area contributed by atoms with E-state index in [1.165, 1.54) is 21.8 Å². The van der Waals surface area contributed by atoms with E-state index < -0.39 is 5.38 Å². The maximum Gasteiger partial charge on any atom is 0.243 e. The smallest absolute Gasteiger partial charge is 0.243 e. The molecule has 1 amide bonds. The molecule has 6 heteroatoms. The van der Waals surface area contributed by atoms with Crippen molar-refractivity contribution in [3.05, 3.63) is 45.4 Å². The predicted molar refractivity (Wildman–Crippen MR) is 98.9 cm³/mol. The van der Waals surface area contributed by atoms with Crippen LogP contribution in [0.25, 0.3) is 0 Å². The van der Waals surface area contributed by atoms with Crippen molar-refractivity contribution in [3.63, 3.8) is 0 Å². The Morgan fingerprint density at radius 3 is 2.65 bits per heavy atom. The number of hydrogen-bond acceptors (Lipinski definition) is 3. The van der Waals surface area contributed by atoms with E-state index in [0.717, 1.165) is 36.4 Å². The molecule has 1 unspecified atom stereocenters. The van der Waals surface area contributed by atoms with E-state index >= 15 is 0 Å². The molecule has 0 aliphatic carbocycles. The fourth-order valence-corrected chi connectivity index (χ4v) is 3.33. The lowest BCUT2D eigenvalue weighted by Gasteiger charge is -2.02. The summed E-state index contributed by atoms with van der Waals surface area (Å²) < 4.78 is 0. The van der Waals surface area contributed by atoms with Gasteiger partial charge in [0.15, 0.2) is 5.13 Å². The highest BCUT2D eigenvalue weighted by Gasteiger charge is 2.15. The van der Waals surface area contributed by atoms with Gasteiger partial charge in [0.1, 0.15) is 5.38 Å². The highest BCUT2D eigenvalue weighted by molar-refractivity contribution is 7.15. The molecule has 0 radical (unpaired) electrons. The molecule has 3 nitrogen and oxygen atoms in total. The van der Waals surface area contributed by atoms with Gasteiger partial charge in [0.25, 0.3) is 0 Å². The number of alkyl halides is 1. The molecule has 0 saturated carbocycles. The summed E-state index contributed by atoms with van der Waals surface area (Å²) >= 11 is 13.3. The van der Waals surface area contributed by atoms with E-state index in [9.17, 15) is 4.79 Å². The first-order valence-electron chi connectivity index (χ1n) is 7.67. The Morgan fingerprint density at radius 2 is 2.04 bits per heavy atom. The zero-order valence-corrected chi connectivity index (χ0v) is 15.6. The summed E-state index contributed by atoms with van der Waals surface area (Å²) in [6, 6.07) is 7.82. The maximum absolute atomic E-state index is 11.8. The van der Waals surface area contributed by atoms with Crippen LogP contribution in [0, 0.1) is 0 Å². The van der Waals surface area contributed by atoms with E-state index in [4.69, 9.17) is 23.2 Å². The molecule has 0 aliphatic rings. The van der Waals surface area contributed by atoms with Gasteiger partial charge in [0.2, 0.25) is 5.91 Å². The highest BCUT2D eigenvalue weighted by Crippen LogP contribution is 2.27.